The van der Waals surface area contributed by atoms with Gasteiger partial charge in [0.2, 0.25) is 0 Å². The number of hydrogen-bond acceptors (Lipinski definition) is 5. The highest BCUT2D eigenvalue weighted by molar-refractivity contribution is 8.01. The Balaban J connectivity index is 2.28. The molecule has 1 aromatic heterocycles. The Kier molecular flexibility index (Phi) is 4.37. The highest BCUT2D eigenvalue weighted by atomic mass is 32.2. The largest absolute Gasteiger partial charge is 0.389 e. The fourth-order valence-corrected chi connectivity index (χ4v) is 2.97. The van der Waals surface area contributed by atoms with E-state index in [0.29, 0.717) is 13.0 Å². The lowest BCUT2D eigenvalue weighted by Gasteiger charge is -2.19. The standard InChI is InChI=1S/C9H16N2OS2/c1-7-5-14-8(11-7)13-4-3-9(2,12)6-10/h5,12H,3-4,6,10H2,1-2H3. The fourth-order valence-electron chi connectivity index (χ4n) is 0.859. The number of rotatable bonds is 5. The molecule has 1 rings (SSSR count). The van der Waals surface area contributed by atoms with Crippen molar-refractivity contribution < 1.29 is 5.11 Å². The van der Waals surface area contributed by atoms with Crippen molar-refractivity contribution in [1.29, 1.82) is 0 Å². The Bertz CT molecular complexity index is 286. The van der Waals surface area contributed by atoms with Gasteiger partial charge in [-0.3, -0.25) is 0 Å². The molecule has 3 nitrogen and oxygen atoms in total. The van der Waals surface area contributed by atoms with Gasteiger partial charge in [0.05, 0.1) is 5.60 Å². The van der Waals surface area contributed by atoms with Crippen LogP contribution in [0.3, 0.4) is 0 Å². The van der Waals surface area contributed by atoms with Gasteiger partial charge in [-0.1, -0.05) is 11.8 Å². The molecule has 0 amide bonds. The molecule has 0 aliphatic heterocycles. The fraction of sp³-hybridized carbons (Fsp3) is 0.667. The zero-order chi connectivity index (χ0) is 10.6. The van der Waals surface area contributed by atoms with Gasteiger partial charge < -0.3 is 10.8 Å². The Morgan fingerprint density at radius 2 is 2.43 bits per heavy atom. The van der Waals surface area contributed by atoms with Crippen LogP contribution in [0.25, 0.3) is 0 Å². The maximum Gasteiger partial charge on any atom is 0.150 e. The lowest BCUT2D eigenvalue weighted by Crippen LogP contribution is -2.34. The van der Waals surface area contributed by atoms with E-state index < -0.39 is 5.60 Å². The van der Waals surface area contributed by atoms with E-state index >= 15 is 0 Å². The second-order valence-electron chi connectivity index (χ2n) is 3.55. The SMILES string of the molecule is Cc1csc(SCCC(C)(O)CN)n1. The van der Waals surface area contributed by atoms with E-state index in [4.69, 9.17) is 5.73 Å². The van der Waals surface area contributed by atoms with Crippen LogP contribution in [0.15, 0.2) is 9.72 Å². The third-order valence-electron chi connectivity index (χ3n) is 1.90. The number of nitrogens with zero attached hydrogens (tertiary/aromatic N) is 1. The minimum atomic E-state index is -0.737. The van der Waals surface area contributed by atoms with Crippen molar-refractivity contribution in [2.24, 2.45) is 5.73 Å². The highest BCUT2D eigenvalue weighted by Crippen LogP contribution is 2.24. The van der Waals surface area contributed by atoms with E-state index in [1.54, 1.807) is 30.0 Å². The average molecular weight is 232 g/mol. The van der Waals surface area contributed by atoms with Crippen LogP contribution in [0.2, 0.25) is 0 Å². The summed E-state index contributed by atoms with van der Waals surface area (Å²) in [6.07, 6.45) is 0.701. The van der Waals surface area contributed by atoms with Gasteiger partial charge in [0, 0.05) is 23.4 Å². The van der Waals surface area contributed by atoms with E-state index in [1.165, 1.54) is 0 Å². The molecule has 0 fully saturated rings. The zero-order valence-corrected chi connectivity index (χ0v) is 10.1. The summed E-state index contributed by atoms with van der Waals surface area (Å²) >= 11 is 3.32. The van der Waals surface area contributed by atoms with Crippen LogP contribution in [0, 0.1) is 6.92 Å². The van der Waals surface area contributed by atoms with Gasteiger partial charge >= 0.3 is 0 Å². The Morgan fingerprint density at radius 3 is 2.93 bits per heavy atom. The molecule has 0 aromatic carbocycles. The third kappa shape index (κ3) is 3.96. The summed E-state index contributed by atoms with van der Waals surface area (Å²) in [7, 11) is 0. The molecule has 0 bridgehead atoms. The van der Waals surface area contributed by atoms with Crippen molar-refractivity contribution in [3.05, 3.63) is 11.1 Å². The first-order valence-corrected chi connectivity index (χ1v) is 6.37. The first kappa shape index (κ1) is 12.0. The number of hydrogen-bond donors (Lipinski definition) is 2. The van der Waals surface area contributed by atoms with Crippen LogP contribution in [0.5, 0.6) is 0 Å². The van der Waals surface area contributed by atoms with E-state index in [1.807, 2.05) is 12.3 Å². The lowest BCUT2D eigenvalue weighted by molar-refractivity contribution is 0.0665. The van der Waals surface area contributed by atoms with E-state index in [9.17, 15) is 5.11 Å². The molecule has 14 heavy (non-hydrogen) atoms. The molecule has 0 saturated heterocycles. The van der Waals surface area contributed by atoms with E-state index in [-0.39, 0.29) is 0 Å². The second-order valence-corrected chi connectivity index (χ2v) is 5.75. The Labute approximate surface area is 92.7 Å². The van der Waals surface area contributed by atoms with Crippen LogP contribution >= 0.6 is 23.1 Å². The molecule has 0 spiro atoms. The molecule has 0 aliphatic rings. The number of thioether (sulfide) groups is 1. The quantitative estimate of drug-likeness (QED) is 0.758. The van der Waals surface area contributed by atoms with Gasteiger partial charge in [-0.2, -0.15) is 0 Å². The van der Waals surface area contributed by atoms with Crippen molar-refractivity contribution in [3.8, 4) is 0 Å². The molecule has 80 valence electrons. The number of thiazole rings is 1. The van der Waals surface area contributed by atoms with Crippen LogP contribution in [0.4, 0.5) is 0 Å². The first-order chi connectivity index (χ1) is 6.53. The minimum absolute atomic E-state index is 0.310. The topological polar surface area (TPSA) is 59.1 Å². The average Bonchev–Trinajstić information content (AvgIpc) is 2.51. The summed E-state index contributed by atoms with van der Waals surface area (Å²) < 4.78 is 1.07. The van der Waals surface area contributed by atoms with Crippen LogP contribution in [0.1, 0.15) is 19.0 Å². The molecular weight excluding hydrogens is 216 g/mol. The van der Waals surface area contributed by atoms with Crippen molar-refractivity contribution in [1.82, 2.24) is 4.98 Å². The second kappa shape index (κ2) is 5.11. The molecular formula is C9H16N2OS2. The minimum Gasteiger partial charge on any atom is -0.389 e. The van der Waals surface area contributed by atoms with Crippen molar-refractivity contribution in [2.75, 3.05) is 12.3 Å². The molecule has 1 aromatic rings. The summed E-state index contributed by atoms with van der Waals surface area (Å²) in [4.78, 5) is 4.32. The van der Waals surface area contributed by atoms with Gasteiger partial charge in [-0.25, -0.2) is 4.98 Å². The highest BCUT2D eigenvalue weighted by Gasteiger charge is 2.17. The van der Waals surface area contributed by atoms with Crippen molar-refractivity contribution in [3.63, 3.8) is 0 Å². The van der Waals surface area contributed by atoms with Crippen molar-refractivity contribution >= 4 is 23.1 Å². The molecule has 1 atom stereocenters. The van der Waals surface area contributed by atoms with Crippen LogP contribution in [-0.4, -0.2) is 28.0 Å². The third-order valence-corrected chi connectivity index (χ3v) is 4.04. The van der Waals surface area contributed by atoms with Gasteiger partial charge in [0.15, 0.2) is 0 Å². The lowest BCUT2D eigenvalue weighted by atomic mass is 10.1. The van der Waals surface area contributed by atoms with E-state index in [0.717, 1.165) is 15.8 Å². The summed E-state index contributed by atoms with van der Waals surface area (Å²) in [5.41, 5.74) is 5.74. The van der Waals surface area contributed by atoms with Gasteiger partial charge in [-0.05, 0) is 20.3 Å². The first-order valence-electron chi connectivity index (χ1n) is 4.51. The van der Waals surface area contributed by atoms with Gasteiger partial charge in [0.1, 0.15) is 4.34 Å². The molecule has 0 saturated carbocycles. The molecule has 1 heterocycles. The summed E-state index contributed by atoms with van der Waals surface area (Å²) in [5, 5.41) is 11.7. The summed E-state index contributed by atoms with van der Waals surface area (Å²) in [6, 6.07) is 0. The predicted octanol–water partition coefficient (Wildman–Crippen LogP) is 1.64. The maximum atomic E-state index is 9.65. The summed E-state index contributed by atoms with van der Waals surface area (Å²) in [6.45, 7) is 4.06. The molecule has 0 aliphatic carbocycles. The molecule has 5 heteroatoms. The molecule has 0 radical (unpaired) electrons. The number of aliphatic hydroxyl groups is 1. The number of nitrogens with two attached hydrogens (primary N) is 1. The summed E-state index contributed by atoms with van der Waals surface area (Å²) in [5.74, 6) is 0.858. The Hall–Kier alpha value is -0.100. The monoisotopic (exact) mass is 232 g/mol. The van der Waals surface area contributed by atoms with Gasteiger partial charge in [0.25, 0.3) is 0 Å². The maximum absolute atomic E-state index is 9.65. The van der Waals surface area contributed by atoms with Gasteiger partial charge in [-0.15, -0.1) is 11.3 Å². The Morgan fingerprint density at radius 1 is 1.71 bits per heavy atom. The predicted molar refractivity (Wildman–Crippen MR) is 61.9 cm³/mol. The number of aromatic nitrogens is 1. The molecule has 1 unspecified atom stereocenters. The molecule has 3 N–H and O–H groups in total. The zero-order valence-electron chi connectivity index (χ0n) is 8.49. The van der Waals surface area contributed by atoms with Crippen LogP contribution in [-0.2, 0) is 0 Å². The number of aryl methyl sites for hydroxylation is 1. The normalized spacial score (nSPS) is 15.4. The smallest absolute Gasteiger partial charge is 0.150 e. The van der Waals surface area contributed by atoms with Crippen molar-refractivity contribution in [2.45, 2.75) is 30.2 Å². The van der Waals surface area contributed by atoms with Crippen LogP contribution < -0.4 is 5.73 Å². The van der Waals surface area contributed by atoms with E-state index in [2.05, 4.69) is 4.98 Å².